The molecule has 0 radical (unpaired) electrons. The summed E-state index contributed by atoms with van der Waals surface area (Å²) in [6, 6.07) is 16.7. The van der Waals surface area contributed by atoms with Crippen molar-refractivity contribution in [3.63, 3.8) is 0 Å². The van der Waals surface area contributed by atoms with E-state index in [1.807, 2.05) is 60.7 Å². The molecule has 0 aromatic heterocycles. The van der Waals surface area contributed by atoms with Crippen molar-refractivity contribution in [1.82, 2.24) is 0 Å². The Morgan fingerprint density at radius 3 is 1.51 bits per heavy atom. The van der Waals surface area contributed by atoms with Gasteiger partial charge in [0, 0.05) is 19.3 Å². The standard InChI is InChI=1S/C17H20O6.C16H16O5.C15H14O5.C6H10O3.2CH4/c1-2-21-17(20)11-14(19)10-13(18)5-3-12-4-6-15-16(9-12)23-8-7-22-15;1-18-13-9-12(21-16(17)10-13)4-2-11-3-5-14-15(8-11)20-7-6-19-14;16-11-8-12(20-15(17)9-11)3-1-10-2-4-13-14(7-10)19-6-5-18-13;1-3-9-6(8)4-5(2)7;;/h3-6,9,13,18H,2,7-8,10-11H2,1H3;2-5,8,10,12H,6-7,9H2,1H3;1-4,7,12H,5-6,8-9H2;3-4H2,1-2H3;2*1H4/b5-3+;4-2+;3-1+;;;. The number of carbonyl (C=O) groups is 7. The van der Waals surface area contributed by atoms with Crippen LogP contribution in [0.4, 0.5) is 0 Å². The number of cyclic esters (lactones) is 2. The van der Waals surface area contributed by atoms with Crippen LogP contribution in [-0.4, -0.2) is 125 Å². The van der Waals surface area contributed by atoms with Crippen LogP contribution in [0.25, 0.3) is 18.2 Å². The molecule has 1 saturated heterocycles. The third-order valence-corrected chi connectivity index (χ3v) is 10.3. The van der Waals surface area contributed by atoms with Crippen molar-refractivity contribution in [3.05, 3.63) is 101 Å². The lowest BCUT2D eigenvalue weighted by atomic mass is 10.1. The maximum absolute atomic E-state index is 11.6. The molecule has 406 valence electrons. The van der Waals surface area contributed by atoms with E-state index in [0.717, 1.165) is 33.9 Å². The van der Waals surface area contributed by atoms with Gasteiger partial charge in [0.1, 0.15) is 94.2 Å². The summed E-state index contributed by atoms with van der Waals surface area (Å²) in [5, 5.41) is 9.85. The fraction of sp³-hybridized carbons (Fsp3) is 0.411. The number of Topliss-reactive ketones (excluding diaryl/α,β-unsaturated/α-hetero) is 3. The minimum atomic E-state index is -0.954. The molecule has 75 heavy (non-hydrogen) atoms. The fourth-order valence-electron chi connectivity index (χ4n) is 6.99. The van der Waals surface area contributed by atoms with Gasteiger partial charge in [-0.25, -0.2) is 4.79 Å². The Morgan fingerprint density at radius 1 is 0.627 bits per heavy atom. The molecule has 3 unspecified atom stereocenters. The van der Waals surface area contributed by atoms with Gasteiger partial charge in [0.2, 0.25) is 0 Å². The van der Waals surface area contributed by atoms with E-state index < -0.39 is 30.1 Å². The van der Waals surface area contributed by atoms with E-state index in [0.29, 0.717) is 75.7 Å². The van der Waals surface area contributed by atoms with Gasteiger partial charge in [-0.05, 0) is 86.0 Å². The average Bonchev–Trinajstić information content (AvgIpc) is 3.36. The van der Waals surface area contributed by atoms with Crippen molar-refractivity contribution in [2.75, 3.05) is 60.0 Å². The summed E-state index contributed by atoms with van der Waals surface area (Å²) in [4.78, 5) is 77.3. The Hall–Kier alpha value is -7.93. The van der Waals surface area contributed by atoms with Gasteiger partial charge >= 0.3 is 23.9 Å². The highest BCUT2D eigenvalue weighted by Gasteiger charge is 2.25. The van der Waals surface area contributed by atoms with Crippen LogP contribution in [0.3, 0.4) is 0 Å². The van der Waals surface area contributed by atoms with E-state index in [1.165, 1.54) is 19.1 Å². The predicted molar refractivity (Wildman–Crippen MR) is 275 cm³/mol. The molecule has 0 amide bonds. The van der Waals surface area contributed by atoms with Crippen LogP contribution in [0.15, 0.2) is 84.7 Å². The Kier molecular flexibility index (Phi) is 26.4. The number of ketones is 3. The number of fused-ring (bicyclic) bond motifs is 3. The molecule has 0 saturated carbocycles. The first-order valence-electron chi connectivity index (χ1n) is 23.6. The van der Waals surface area contributed by atoms with Gasteiger partial charge in [-0.15, -0.1) is 0 Å². The van der Waals surface area contributed by atoms with Crippen LogP contribution >= 0.6 is 0 Å². The fourth-order valence-corrected chi connectivity index (χ4v) is 6.99. The molecule has 5 heterocycles. The Bertz CT molecular complexity index is 2520. The van der Waals surface area contributed by atoms with Crippen LogP contribution in [0, 0.1) is 0 Å². The second-order valence-electron chi connectivity index (χ2n) is 16.2. The van der Waals surface area contributed by atoms with Gasteiger partial charge in [-0.3, -0.25) is 28.8 Å². The highest BCUT2D eigenvalue weighted by molar-refractivity contribution is 5.98. The maximum Gasteiger partial charge on any atom is 0.334 e. The summed E-state index contributed by atoms with van der Waals surface area (Å²) in [7, 11) is 1.55. The van der Waals surface area contributed by atoms with Crippen LogP contribution < -0.4 is 28.4 Å². The monoisotopic (exact) mass is 1040 g/mol. The molecule has 5 aliphatic rings. The van der Waals surface area contributed by atoms with Gasteiger partial charge in [-0.1, -0.05) is 57.4 Å². The van der Waals surface area contributed by atoms with E-state index in [2.05, 4.69) is 4.74 Å². The number of benzene rings is 3. The average molecular weight is 1050 g/mol. The summed E-state index contributed by atoms with van der Waals surface area (Å²) >= 11 is 0. The maximum atomic E-state index is 11.6. The molecule has 19 nitrogen and oxygen atoms in total. The molecule has 5 aliphatic heterocycles. The molecular formula is C56H68O19. The van der Waals surface area contributed by atoms with Crippen molar-refractivity contribution in [1.29, 1.82) is 0 Å². The zero-order valence-corrected chi connectivity index (χ0v) is 41.2. The molecule has 19 heteroatoms. The van der Waals surface area contributed by atoms with Gasteiger partial charge in [0.15, 0.2) is 34.5 Å². The number of carbonyl (C=O) groups excluding carboxylic acids is 7. The third kappa shape index (κ3) is 22.0. The molecule has 0 aliphatic carbocycles. The molecule has 3 atom stereocenters. The van der Waals surface area contributed by atoms with Crippen molar-refractivity contribution in [2.45, 2.75) is 92.5 Å². The summed E-state index contributed by atoms with van der Waals surface area (Å²) in [6.07, 6.45) is 10.2. The largest absolute Gasteiger partial charge is 0.501 e. The topological polar surface area (TPSA) is 241 Å². The number of hydrogen-bond acceptors (Lipinski definition) is 19. The van der Waals surface area contributed by atoms with Gasteiger partial charge < -0.3 is 57.2 Å². The van der Waals surface area contributed by atoms with Crippen molar-refractivity contribution < 1.29 is 90.8 Å². The first-order valence-corrected chi connectivity index (χ1v) is 23.6. The van der Waals surface area contributed by atoms with Gasteiger partial charge in [-0.2, -0.15) is 0 Å². The first-order chi connectivity index (χ1) is 35.2. The summed E-state index contributed by atoms with van der Waals surface area (Å²) < 4.78 is 57.4. The lowest BCUT2D eigenvalue weighted by Gasteiger charge is -2.20. The summed E-state index contributed by atoms with van der Waals surface area (Å²) in [5.74, 6) is 2.46. The summed E-state index contributed by atoms with van der Waals surface area (Å²) in [6.45, 7) is 8.58. The zero-order valence-electron chi connectivity index (χ0n) is 41.2. The highest BCUT2D eigenvalue weighted by Crippen LogP contribution is 2.33. The number of ether oxygens (including phenoxy) is 11. The Balaban J connectivity index is 0.000000271. The molecule has 0 spiro atoms. The van der Waals surface area contributed by atoms with Crippen molar-refractivity contribution >= 4 is 59.5 Å². The zero-order chi connectivity index (χ0) is 52.5. The Morgan fingerprint density at radius 2 is 1.07 bits per heavy atom. The van der Waals surface area contributed by atoms with E-state index in [-0.39, 0.29) is 83.0 Å². The van der Waals surface area contributed by atoms with E-state index in [9.17, 15) is 38.7 Å². The van der Waals surface area contributed by atoms with Gasteiger partial charge in [0.05, 0.1) is 32.5 Å². The summed E-state index contributed by atoms with van der Waals surface area (Å²) in [5.41, 5.74) is 2.69. The lowest BCUT2D eigenvalue weighted by Crippen LogP contribution is -2.28. The molecule has 3 aromatic rings. The predicted octanol–water partition coefficient (Wildman–Crippen LogP) is 7.61. The SMILES string of the molecule is C.C.CCOC(=O)CC(=O)CC(O)/C=C/c1ccc2c(c1)OCCO2.CCOC(=O)CC(C)=O.COC1=CC(=O)OC(/C=C/c2ccc3c(c2)OCCO3)C1.O=C1CC(=O)OC(/C=C/c2ccc3c(c2)OCCO3)C1. The lowest BCUT2D eigenvalue weighted by molar-refractivity contribution is -0.155. The van der Waals surface area contributed by atoms with Crippen LogP contribution in [0.2, 0.25) is 0 Å². The van der Waals surface area contributed by atoms with Crippen LogP contribution in [0.5, 0.6) is 34.5 Å². The molecule has 1 N–H and O–H groups in total. The second kappa shape index (κ2) is 32.3. The van der Waals surface area contributed by atoms with E-state index in [1.54, 1.807) is 45.2 Å². The number of aliphatic hydroxyl groups excluding tert-OH is 1. The molecule has 1 fully saturated rings. The van der Waals surface area contributed by atoms with Crippen molar-refractivity contribution in [3.8, 4) is 34.5 Å². The number of rotatable bonds is 15. The number of hydrogen-bond donors (Lipinski definition) is 1. The van der Waals surface area contributed by atoms with Crippen molar-refractivity contribution in [2.24, 2.45) is 0 Å². The molecule has 8 rings (SSSR count). The second-order valence-corrected chi connectivity index (χ2v) is 16.2. The number of esters is 4. The normalized spacial score (nSPS) is 17.2. The van der Waals surface area contributed by atoms with Crippen LogP contribution in [0.1, 0.15) is 90.8 Å². The number of aliphatic hydroxyl groups is 1. The van der Waals surface area contributed by atoms with E-state index >= 15 is 0 Å². The smallest absolute Gasteiger partial charge is 0.334 e. The first kappa shape index (κ1) is 61.4. The minimum absolute atomic E-state index is 0. The molecule has 3 aromatic carbocycles. The minimum Gasteiger partial charge on any atom is -0.501 e. The molecule has 0 bridgehead atoms. The highest BCUT2D eigenvalue weighted by atomic mass is 16.6. The molecular weight excluding hydrogens is 977 g/mol. The quantitative estimate of drug-likeness (QED) is 0.0875. The Labute approximate surface area is 437 Å². The third-order valence-electron chi connectivity index (χ3n) is 10.3. The van der Waals surface area contributed by atoms with Gasteiger partial charge in [0.25, 0.3) is 0 Å². The van der Waals surface area contributed by atoms with Crippen LogP contribution in [-0.2, 0) is 57.2 Å². The van der Waals surface area contributed by atoms with E-state index in [4.69, 9.17) is 47.4 Å². The number of methoxy groups -OCH3 is 1.